The molecular formula is C14H23NO2. The van der Waals surface area contributed by atoms with Crippen LogP contribution in [0.15, 0.2) is 0 Å². The predicted molar refractivity (Wildman–Crippen MR) is 66.7 cm³/mol. The van der Waals surface area contributed by atoms with Crippen LogP contribution in [-0.2, 0) is 9.59 Å². The molecule has 2 aliphatic rings. The molecule has 2 aliphatic carbocycles. The van der Waals surface area contributed by atoms with Gasteiger partial charge >= 0.3 is 0 Å². The molecule has 0 aliphatic heterocycles. The summed E-state index contributed by atoms with van der Waals surface area (Å²) in [6.07, 6.45) is 6.16. The zero-order valence-corrected chi connectivity index (χ0v) is 10.9. The minimum absolute atomic E-state index is 0.0296. The van der Waals surface area contributed by atoms with E-state index in [-0.39, 0.29) is 23.7 Å². The second-order valence-corrected chi connectivity index (χ2v) is 5.66. The van der Waals surface area contributed by atoms with Crippen LogP contribution in [0.5, 0.6) is 0 Å². The summed E-state index contributed by atoms with van der Waals surface area (Å²) >= 11 is 0. The number of fused-ring (bicyclic) bond motifs is 1. The summed E-state index contributed by atoms with van der Waals surface area (Å²) in [5.74, 6) is 1.43. The van der Waals surface area contributed by atoms with E-state index in [0.717, 1.165) is 38.5 Å². The van der Waals surface area contributed by atoms with Gasteiger partial charge in [0.05, 0.1) is 6.04 Å². The summed E-state index contributed by atoms with van der Waals surface area (Å²) < 4.78 is 0. The Balaban J connectivity index is 2.12. The highest BCUT2D eigenvalue weighted by Crippen LogP contribution is 2.39. The first kappa shape index (κ1) is 12.7. The number of Topliss-reactive ketones (excluding diaryl/α,β-unsaturated/α-hetero) is 2. The van der Waals surface area contributed by atoms with Gasteiger partial charge in [0.15, 0.2) is 5.78 Å². The summed E-state index contributed by atoms with van der Waals surface area (Å²) in [6.45, 7) is 1.67. The van der Waals surface area contributed by atoms with Gasteiger partial charge in [0.1, 0.15) is 5.78 Å². The largest absolute Gasteiger partial charge is 0.311 e. The highest BCUT2D eigenvalue weighted by atomic mass is 16.1. The Kier molecular flexibility index (Phi) is 3.97. The first-order valence-corrected chi connectivity index (χ1v) is 6.85. The van der Waals surface area contributed by atoms with Crippen LogP contribution < -0.4 is 5.32 Å². The summed E-state index contributed by atoms with van der Waals surface area (Å²) in [5, 5.41) is 3.12. The lowest BCUT2D eigenvalue weighted by molar-refractivity contribution is -0.130. The monoisotopic (exact) mass is 237 g/mol. The number of hydrogen-bond acceptors (Lipinski definition) is 3. The molecule has 4 unspecified atom stereocenters. The zero-order chi connectivity index (χ0) is 12.4. The van der Waals surface area contributed by atoms with Crippen molar-refractivity contribution in [2.24, 2.45) is 17.8 Å². The lowest BCUT2D eigenvalue weighted by Crippen LogP contribution is -2.45. The predicted octanol–water partition coefficient (Wildman–Crippen LogP) is 1.95. The number of nitrogens with one attached hydrogen (secondary N) is 1. The maximum Gasteiger partial charge on any atom is 0.153 e. The first-order valence-electron chi connectivity index (χ1n) is 6.85. The maximum absolute atomic E-state index is 12.3. The van der Waals surface area contributed by atoms with Gasteiger partial charge in [-0.3, -0.25) is 9.59 Å². The lowest BCUT2D eigenvalue weighted by Gasteiger charge is -2.34. The number of rotatable bonds is 2. The van der Waals surface area contributed by atoms with Crippen molar-refractivity contribution in [3.63, 3.8) is 0 Å². The first-order chi connectivity index (χ1) is 8.13. The average Bonchev–Trinajstić information content (AvgIpc) is 2.52. The molecule has 2 saturated carbocycles. The van der Waals surface area contributed by atoms with Gasteiger partial charge < -0.3 is 5.32 Å². The standard InChI is InChI=1S/C14H23NO2/c1-9(16)11-5-3-4-10-6-7-13(15-2)14(17)12(10)8-11/h10-13,15H,3-8H2,1-2H3. The number of ketones is 2. The van der Waals surface area contributed by atoms with E-state index >= 15 is 0 Å². The second-order valence-electron chi connectivity index (χ2n) is 5.66. The fourth-order valence-corrected chi connectivity index (χ4v) is 3.58. The molecule has 0 bridgehead atoms. The molecule has 3 nitrogen and oxygen atoms in total. The van der Waals surface area contributed by atoms with Crippen LogP contribution in [0, 0.1) is 17.8 Å². The molecular weight excluding hydrogens is 214 g/mol. The number of likely N-dealkylation sites (N-methyl/N-ethyl adjacent to an activating group) is 1. The normalized spacial score (nSPS) is 38.4. The van der Waals surface area contributed by atoms with Crippen molar-refractivity contribution >= 4 is 11.6 Å². The highest BCUT2D eigenvalue weighted by Gasteiger charge is 2.40. The van der Waals surface area contributed by atoms with Crippen molar-refractivity contribution in [2.45, 2.75) is 51.5 Å². The fourth-order valence-electron chi connectivity index (χ4n) is 3.58. The molecule has 0 aromatic carbocycles. The molecule has 96 valence electrons. The molecule has 3 heteroatoms. The van der Waals surface area contributed by atoms with Crippen molar-refractivity contribution < 1.29 is 9.59 Å². The van der Waals surface area contributed by atoms with Gasteiger partial charge in [-0.2, -0.15) is 0 Å². The Hall–Kier alpha value is -0.700. The molecule has 0 aromatic rings. The minimum atomic E-state index is 0.0296. The second kappa shape index (κ2) is 5.30. The van der Waals surface area contributed by atoms with Gasteiger partial charge in [-0.25, -0.2) is 0 Å². The molecule has 2 rings (SSSR count). The van der Waals surface area contributed by atoms with Crippen LogP contribution in [0.3, 0.4) is 0 Å². The molecule has 2 fully saturated rings. The summed E-state index contributed by atoms with van der Waals surface area (Å²) in [5.41, 5.74) is 0. The third-order valence-electron chi connectivity index (χ3n) is 4.69. The number of hydrogen-bond donors (Lipinski definition) is 1. The maximum atomic E-state index is 12.3. The van der Waals surface area contributed by atoms with Crippen molar-refractivity contribution in [3.8, 4) is 0 Å². The van der Waals surface area contributed by atoms with Crippen LogP contribution in [0.4, 0.5) is 0 Å². The Morgan fingerprint density at radius 2 is 2.00 bits per heavy atom. The molecule has 0 saturated heterocycles. The van der Waals surface area contributed by atoms with E-state index in [9.17, 15) is 9.59 Å². The van der Waals surface area contributed by atoms with Gasteiger partial charge in [0.2, 0.25) is 0 Å². The van der Waals surface area contributed by atoms with Crippen LogP contribution in [-0.4, -0.2) is 24.7 Å². The van der Waals surface area contributed by atoms with Crippen LogP contribution in [0.2, 0.25) is 0 Å². The quantitative estimate of drug-likeness (QED) is 0.798. The molecule has 4 atom stereocenters. The molecule has 0 heterocycles. The number of carbonyl (C=O) groups excluding carboxylic acids is 2. The van der Waals surface area contributed by atoms with Crippen molar-refractivity contribution in [1.82, 2.24) is 5.32 Å². The zero-order valence-electron chi connectivity index (χ0n) is 10.9. The highest BCUT2D eigenvalue weighted by molar-refractivity contribution is 5.88. The Morgan fingerprint density at radius 1 is 1.24 bits per heavy atom. The van der Waals surface area contributed by atoms with Crippen LogP contribution in [0.1, 0.15) is 45.4 Å². The van der Waals surface area contributed by atoms with Crippen molar-refractivity contribution in [2.75, 3.05) is 7.05 Å². The van der Waals surface area contributed by atoms with Crippen LogP contribution in [0.25, 0.3) is 0 Å². The molecule has 0 aromatic heterocycles. The lowest BCUT2D eigenvalue weighted by atomic mass is 9.72. The van der Waals surface area contributed by atoms with Crippen molar-refractivity contribution in [3.05, 3.63) is 0 Å². The van der Waals surface area contributed by atoms with Crippen molar-refractivity contribution in [1.29, 1.82) is 0 Å². The third-order valence-corrected chi connectivity index (χ3v) is 4.69. The molecule has 17 heavy (non-hydrogen) atoms. The van der Waals surface area contributed by atoms with Gasteiger partial charge in [0, 0.05) is 11.8 Å². The Bertz CT molecular complexity index is 313. The minimum Gasteiger partial charge on any atom is -0.311 e. The topological polar surface area (TPSA) is 46.2 Å². The van der Waals surface area contributed by atoms with Crippen LogP contribution >= 0.6 is 0 Å². The summed E-state index contributed by atoms with van der Waals surface area (Å²) in [6, 6.07) is 0.0296. The Morgan fingerprint density at radius 3 is 2.65 bits per heavy atom. The molecule has 0 radical (unpaired) electrons. The summed E-state index contributed by atoms with van der Waals surface area (Å²) in [7, 11) is 1.86. The van der Waals surface area contributed by atoms with E-state index in [2.05, 4.69) is 5.32 Å². The van der Waals surface area contributed by atoms with E-state index in [1.54, 1.807) is 6.92 Å². The van der Waals surface area contributed by atoms with Gasteiger partial charge in [-0.1, -0.05) is 6.42 Å². The molecule has 0 spiro atoms. The van der Waals surface area contributed by atoms with Gasteiger partial charge in [-0.15, -0.1) is 0 Å². The third kappa shape index (κ3) is 2.59. The van der Waals surface area contributed by atoms with E-state index in [1.807, 2.05) is 7.05 Å². The molecule has 0 amide bonds. The fraction of sp³-hybridized carbons (Fsp3) is 0.857. The molecule has 1 N–H and O–H groups in total. The van der Waals surface area contributed by atoms with E-state index < -0.39 is 0 Å². The summed E-state index contributed by atoms with van der Waals surface area (Å²) in [4.78, 5) is 23.9. The van der Waals surface area contributed by atoms with Gasteiger partial charge in [0.25, 0.3) is 0 Å². The SMILES string of the molecule is CNC1CCC2CCCC(C(C)=O)CC2C1=O. The van der Waals surface area contributed by atoms with E-state index in [4.69, 9.17) is 0 Å². The Labute approximate surface area is 103 Å². The smallest absolute Gasteiger partial charge is 0.153 e. The van der Waals surface area contributed by atoms with E-state index in [1.165, 1.54) is 0 Å². The van der Waals surface area contributed by atoms with Gasteiger partial charge in [-0.05, 0) is 52.0 Å². The van der Waals surface area contributed by atoms with E-state index in [0.29, 0.717) is 11.7 Å². The number of carbonyl (C=O) groups is 2. The average molecular weight is 237 g/mol.